The lowest BCUT2D eigenvalue weighted by molar-refractivity contribution is -0.138. The lowest BCUT2D eigenvalue weighted by Gasteiger charge is -2.13. The second-order valence-corrected chi connectivity index (χ2v) is 12.5. The third-order valence-corrected chi connectivity index (χ3v) is 8.42. The van der Waals surface area contributed by atoms with Crippen molar-refractivity contribution in [3.05, 3.63) is 65.7 Å². The van der Waals surface area contributed by atoms with Crippen LogP contribution >= 0.6 is 0 Å². The summed E-state index contributed by atoms with van der Waals surface area (Å²) in [6, 6.07) is 13.4. The first-order valence-corrected chi connectivity index (χ1v) is 15.5. The zero-order chi connectivity index (χ0) is 32.6. The molecular formula is C28H26N4O10S2. The third-order valence-electron chi connectivity index (χ3n) is 6.64. The van der Waals surface area contributed by atoms with Crippen LogP contribution < -0.4 is 11.1 Å². The molecule has 14 nitrogen and oxygen atoms in total. The number of amides is 1. The van der Waals surface area contributed by atoms with Gasteiger partial charge in [0, 0.05) is 17.5 Å². The zero-order valence-electron chi connectivity index (χ0n) is 23.1. The van der Waals surface area contributed by atoms with Gasteiger partial charge in [-0.25, -0.2) is 0 Å². The Labute approximate surface area is 251 Å². The summed E-state index contributed by atoms with van der Waals surface area (Å²) in [5.41, 5.74) is 9.01. The molecule has 0 unspecified atom stereocenters. The molecule has 0 radical (unpaired) electrons. The lowest BCUT2D eigenvalue weighted by Crippen LogP contribution is -2.13. The highest BCUT2D eigenvalue weighted by atomic mass is 32.2. The number of phenolic OH excluding ortho intramolecular Hbond substituents is 1. The molecule has 0 aliphatic heterocycles. The van der Waals surface area contributed by atoms with Gasteiger partial charge in [-0.05, 0) is 72.5 Å². The van der Waals surface area contributed by atoms with E-state index in [4.69, 9.17) is 10.8 Å². The summed E-state index contributed by atoms with van der Waals surface area (Å²) < 4.78 is 66.6. The summed E-state index contributed by atoms with van der Waals surface area (Å²) in [6.45, 7) is 3.56. The normalized spacial score (nSPS) is 12.1. The van der Waals surface area contributed by atoms with Gasteiger partial charge in [-0.2, -0.15) is 21.9 Å². The first-order valence-electron chi connectivity index (χ1n) is 12.7. The summed E-state index contributed by atoms with van der Waals surface area (Å²) in [5.74, 6) is -2.21. The van der Waals surface area contributed by atoms with Gasteiger partial charge in [-0.15, -0.1) is 5.11 Å². The van der Waals surface area contributed by atoms with Gasteiger partial charge in [-0.3, -0.25) is 18.7 Å². The smallest absolute Gasteiger partial charge is 0.303 e. The van der Waals surface area contributed by atoms with Crippen LogP contribution in [0.2, 0.25) is 0 Å². The Kier molecular flexibility index (Phi) is 8.74. The lowest BCUT2D eigenvalue weighted by atomic mass is 10.00. The quantitative estimate of drug-likeness (QED) is 0.0794. The maximum Gasteiger partial charge on any atom is 0.303 e. The number of aromatic hydroxyl groups is 1. The monoisotopic (exact) mass is 642 g/mol. The van der Waals surface area contributed by atoms with Crippen LogP contribution in [0.3, 0.4) is 0 Å². The number of aryl methyl sites for hydroxylation is 2. The SMILES string of the molecule is Cc1cc(-c2ccc(NC(=O)CCC(=O)O)c(C)c2)ccc1N=Nc1ccc2c(S(=O)(=O)O)cc(S(=O)(=O)O)c(N)c2c1O. The summed E-state index contributed by atoms with van der Waals surface area (Å²) in [6.07, 6.45) is -0.419. The minimum atomic E-state index is -5.04. The van der Waals surface area contributed by atoms with E-state index in [2.05, 4.69) is 15.5 Å². The Morgan fingerprint density at radius 1 is 0.795 bits per heavy atom. The van der Waals surface area contributed by atoms with Gasteiger partial charge in [0.1, 0.15) is 15.5 Å². The average molecular weight is 643 g/mol. The molecule has 0 fully saturated rings. The largest absolute Gasteiger partial charge is 0.505 e. The topological polar surface area (TPSA) is 246 Å². The molecule has 7 N–H and O–H groups in total. The number of rotatable bonds is 9. The second kappa shape index (κ2) is 12.0. The number of phenols is 1. The van der Waals surface area contributed by atoms with Gasteiger partial charge < -0.3 is 21.3 Å². The minimum absolute atomic E-state index is 0.146. The number of benzene rings is 4. The predicted octanol–water partition coefficient (Wildman–Crippen LogP) is 5.12. The van der Waals surface area contributed by atoms with Gasteiger partial charge in [0.25, 0.3) is 20.2 Å². The Bertz CT molecular complexity index is 2090. The molecule has 0 spiro atoms. The zero-order valence-corrected chi connectivity index (χ0v) is 24.8. The number of carboxylic acid groups (broad SMARTS) is 1. The van der Waals surface area contributed by atoms with Crippen LogP contribution in [-0.4, -0.2) is 48.0 Å². The maximum atomic E-state index is 12.0. The fourth-order valence-electron chi connectivity index (χ4n) is 4.44. The van der Waals surface area contributed by atoms with Gasteiger partial charge in [0.2, 0.25) is 5.91 Å². The highest BCUT2D eigenvalue weighted by molar-refractivity contribution is 7.87. The fraction of sp³-hybridized carbons (Fsp3) is 0.143. The standard InChI is InChI=1S/C28H26N4O10S2/c1-14-11-16(3-6-19(14)30-24(33)9-10-25(34)35)17-4-7-20(15(2)12-17)31-32-21-8-5-18-22(43(37,38)39)13-23(44(40,41)42)27(29)26(18)28(21)36/h3-8,11-13,36H,9-10,29H2,1-2H3,(H,30,33)(H,34,35)(H,37,38,39)(H,40,41,42). The summed E-state index contributed by atoms with van der Waals surface area (Å²) in [4.78, 5) is 20.8. The maximum absolute atomic E-state index is 12.0. The van der Waals surface area contributed by atoms with Crippen LogP contribution in [0.15, 0.2) is 74.6 Å². The van der Waals surface area contributed by atoms with Gasteiger partial charge in [0.05, 0.1) is 23.2 Å². The molecule has 0 aromatic heterocycles. The fourth-order valence-corrected chi connectivity index (χ4v) is 5.87. The van der Waals surface area contributed by atoms with Gasteiger partial charge in [0.15, 0.2) is 5.75 Å². The minimum Gasteiger partial charge on any atom is -0.505 e. The number of fused-ring (bicyclic) bond motifs is 1. The molecule has 1 amide bonds. The molecule has 0 aliphatic rings. The average Bonchev–Trinajstić information content (AvgIpc) is 2.91. The number of nitrogen functional groups attached to an aromatic ring is 1. The van der Waals surface area contributed by atoms with Gasteiger partial charge in [-0.1, -0.05) is 18.2 Å². The van der Waals surface area contributed by atoms with Crippen molar-refractivity contribution >= 4 is 65.6 Å². The predicted molar refractivity (Wildman–Crippen MR) is 161 cm³/mol. The number of nitrogens with zero attached hydrogens (tertiary/aromatic N) is 2. The van der Waals surface area contributed by atoms with Crippen molar-refractivity contribution in [1.82, 2.24) is 0 Å². The summed E-state index contributed by atoms with van der Waals surface area (Å²) in [7, 11) is -10.0. The van der Waals surface area contributed by atoms with E-state index in [1.165, 1.54) is 6.07 Å². The van der Waals surface area contributed by atoms with E-state index in [9.17, 15) is 40.6 Å². The Hall–Kier alpha value is -4.90. The van der Waals surface area contributed by atoms with Crippen molar-refractivity contribution in [3.63, 3.8) is 0 Å². The highest BCUT2D eigenvalue weighted by Crippen LogP contribution is 2.44. The molecule has 4 aromatic rings. The number of nitrogens with two attached hydrogens (primary N) is 1. The second-order valence-electron chi connectivity index (χ2n) is 9.77. The molecule has 230 valence electrons. The van der Waals surface area contributed by atoms with E-state index in [1.807, 2.05) is 12.1 Å². The summed E-state index contributed by atoms with van der Waals surface area (Å²) >= 11 is 0. The van der Waals surface area contributed by atoms with Crippen molar-refractivity contribution in [1.29, 1.82) is 0 Å². The Balaban J connectivity index is 1.65. The van der Waals surface area contributed by atoms with Crippen molar-refractivity contribution in [2.75, 3.05) is 11.1 Å². The van der Waals surface area contributed by atoms with E-state index >= 15 is 0 Å². The molecule has 0 bridgehead atoms. The number of hydrogen-bond donors (Lipinski definition) is 6. The molecule has 0 heterocycles. The van der Waals surface area contributed by atoms with Crippen molar-refractivity contribution in [3.8, 4) is 16.9 Å². The molecule has 16 heteroatoms. The summed E-state index contributed by atoms with van der Waals surface area (Å²) in [5, 5.41) is 29.7. The molecule has 0 saturated carbocycles. The van der Waals surface area contributed by atoms with Crippen molar-refractivity contribution < 1.29 is 45.7 Å². The first-order chi connectivity index (χ1) is 20.5. The number of carbonyl (C=O) groups excluding carboxylic acids is 1. The molecule has 4 aromatic carbocycles. The number of carboxylic acids is 1. The first kappa shape index (κ1) is 32.0. The number of aliphatic carboxylic acids is 1. The molecule has 44 heavy (non-hydrogen) atoms. The Morgan fingerprint density at radius 2 is 1.36 bits per heavy atom. The van der Waals surface area contributed by atoms with Crippen molar-refractivity contribution in [2.24, 2.45) is 10.2 Å². The number of nitrogens with one attached hydrogen (secondary N) is 1. The third kappa shape index (κ3) is 6.84. The molecule has 0 atom stereocenters. The number of carbonyl (C=O) groups is 2. The molecule has 0 saturated heterocycles. The van der Waals surface area contributed by atoms with Crippen LogP contribution in [0.1, 0.15) is 24.0 Å². The van der Waals surface area contributed by atoms with Crippen LogP contribution in [0.4, 0.5) is 22.7 Å². The molecule has 0 aliphatic carbocycles. The molecule has 4 rings (SSSR count). The van der Waals surface area contributed by atoms with E-state index in [1.54, 1.807) is 38.1 Å². The van der Waals surface area contributed by atoms with Crippen LogP contribution in [0.25, 0.3) is 21.9 Å². The van der Waals surface area contributed by atoms with Crippen LogP contribution in [0.5, 0.6) is 5.75 Å². The number of azo groups is 1. The number of hydrogen-bond acceptors (Lipinski definition) is 10. The Morgan fingerprint density at radius 3 is 1.93 bits per heavy atom. The number of anilines is 2. The molecular weight excluding hydrogens is 616 g/mol. The highest BCUT2D eigenvalue weighted by Gasteiger charge is 2.26. The van der Waals surface area contributed by atoms with Crippen LogP contribution in [-0.2, 0) is 29.8 Å². The van der Waals surface area contributed by atoms with E-state index in [0.29, 0.717) is 23.0 Å². The van der Waals surface area contributed by atoms with E-state index < -0.39 is 58.7 Å². The van der Waals surface area contributed by atoms with E-state index in [-0.39, 0.29) is 23.9 Å². The van der Waals surface area contributed by atoms with Crippen LogP contribution in [0, 0.1) is 13.8 Å². The van der Waals surface area contributed by atoms with Crippen molar-refractivity contribution in [2.45, 2.75) is 36.5 Å². The van der Waals surface area contributed by atoms with Gasteiger partial charge >= 0.3 is 5.97 Å². The van der Waals surface area contributed by atoms with E-state index in [0.717, 1.165) is 22.8 Å².